The van der Waals surface area contributed by atoms with Gasteiger partial charge in [-0.15, -0.1) is 0 Å². The molecule has 0 saturated heterocycles. The van der Waals surface area contributed by atoms with Crippen LogP contribution in [0.2, 0.25) is 0 Å². The third-order valence-electron chi connectivity index (χ3n) is 4.23. The third-order valence-corrected chi connectivity index (χ3v) is 4.23. The molecule has 2 rings (SSSR count). The van der Waals surface area contributed by atoms with E-state index in [1.54, 1.807) is 0 Å². The molecule has 106 valence electrons. The van der Waals surface area contributed by atoms with E-state index in [0.717, 1.165) is 12.1 Å². The molecule has 0 amide bonds. The van der Waals surface area contributed by atoms with Gasteiger partial charge in [0.15, 0.2) is 0 Å². The van der Waals surface area contributed by atoms with E-state index in [4.69, 9.17) is 5.73 Å². The molecule has 0 aliphatic heterocycles. The Bertz CT molecular complexity index is 382. The second kappa shape index (κ2) is 6.49. The minimum absolute atomic E-state index is 0.0472. The number of halogens is 1. The lowest BCUT2D eigenvalue weighted by Gasteiger charge is -2.38. The molecule has 3 heteroatoms. The van der Waals surface area contributed by atoms with Crippen molar-refractivity contribution in [3.63, 3.8) is 0 Å². The zero-order valence-corrected chi connectivity index (χ0v) is 12.0. The largest absolute Gasteiger partial charge is 0.326 e. The van der Waals surface area contributed by atoms with Gasteiger partial charge in [0, 0.05) is 18.1 Å². The molecule has 0 heterocycles. The van der Waals surface area contributed by atoms with Gasteiger partial charge in [-0.1, -0.05) is 31.9 Å². The summed E-state index contributed by atoms with van der Waals surface area (Å²) in [5.74, 6) is -0.184. The predicted octanol–water partition coefficient (Wildman–Crippen LogP) is 3.48. The predicted molar refractivity (Wildman–Crippen MR) is 77.4 cm³/mol. The highest BCUT2D eigenvalue weighted by Gasteiger charge is 2.30. The molecule has 2 unspecified atom stereocenters. The summed E-state index contributed by atoms with van der Waals surface area (Å²) in [4.78, 5) is 2.50. The Labute approximate surface area is 115 Å². The van der Waals surface area contributed by atoms with Crippen LogP contribution in [0.4, 0.5) is 4.39 Å². The van der Waals surface area contributed by atoms with Gasteiger partial charge in [0.2, 0.25) is 0 Å². The number of hydrogen-bond acceptors (Lipinski definition) is 2. The Morgan fingerprint density at radius 1 is 1.26 bits per heavy atom. The average Bonchev–Trinajstić information content (AvgIpc) is 2.90. The molecular formula is C16H25FN2. The van der Waals surface area contributed by atoms with Crippen molar-refractivity contribution in [1.29, 1.82) is 0 Å². The van der Waals surface area contributed by atoms with Gasteiger partial charge >= 0.3 is 0 Å². The maximum absolute atomic E-state index is 13.1. The zero-order valence-electron chi connectivity index (χ0n) is 12.0. The molecule has 2 nitrogen and oxygen atoms in total. The van der Waals surface area contributed by atoms with Gasteiger partial charge in [0.25, 0.3) is 0 Å². The van der Waals surface area contributed by atoms with Gasteiger partial charge in [-0.05, 0) is 44.0 Å². The van der Waals surface area contributed by atoms with Crippen molar-refractivity contribution in [2.75, 3.05) is 6.54 Å². The van der Waals surface area contributed by atoms with E-state index in [-0.39, 0.29) is 17.9 Å². The molecule has 1 saturated carbocycles. The number of nitrogens with zero attached hydrogens (tertiary/aromatic N) is 1. The normalized spacial score (nSPS) is 19.8. The fourth-order valence-electron chi connectivity index (χ4n) is 3.37. The average molecular weight is 264 g/mol. The quantitative estimate of drug-likeness (QED) is 0.882. The van der Waals surface area contributed by atoms with E-state index in [1.165, 1.54) is 37.8 Å². The molecule has 0 radical (unpaired) electrons. The standard InChI is InChI=1S/C16H25FN2/c1-3-19(15-6-4-5-7-15)16(12(2)18)13-8-10-14(17)11-9-13/h8-12,15-16H,3-7,18H2,1-2H3. The Morgan fingerprint density at radius 3 is 2.32 bits per heavy atom. The topological polar surface area (TPSA) is 29.3 Å². The zero-order chi connectivity index (χ0) is 13.8. The van der Waals surface area contributed by atoms with E-state index < -0.39 is 0 Å². The van der Waals surface area contributed by atoms with Crippen molar-refractivity contribution in [3.05, 3.63) is 35.6 Å². The van der Waals surface area contributed by atoms with Crippen LogP contribution in [0.1, 0.15) is 51.1 Å². The van der Waals surface area contributed by atoms with Crippen molar-refractivity contribution in [2.45, 2.75) is 57.7 Å². The van der Waals surface area contributed by atoms with E-state index in [0.29, 0.717) is 6.04 Å². The van der Waals surface area contributed by atoms with Crippen LogP contribution >= 0.6 is 0 Å². The summed E-state index contributed by atoms with van der Waals surface area (Å²) in [5, 5.41) is 0. The van der Waals surface area contributed by atoms with Crippen LogP contribution in [0, 0.1) is 5.82 Å². The first-order chi connectivity index (χ1) is 9.13. The number of benzene rings is 1. The van der Waals surface area contributed by atoms with Crippen molar-refractivity contribution >= 4 is 0 Å². The Kier molecular flexibility index (Phi) is 4.94. The van der Waals surface area contributed by atoms with Crippen LogP contribution in [-0.4, -0.2) is 23.5 Å². The van der Waals surface area contributed by atoms with Crippen LogP contribution in [0.25, 0.3) is 0 Å². The van der Waals surface area contributed by atoms with Crippen molar-refractivity contribution in [2.24, 2.45) is 5.73 Å². The molecule has 1 fully saturated rings. The van der Waals surface area contributed by atoms with Crippen LogP contribution < -0.4 is 5.73 Å². The van der Waals surface area contributed by atoms with Crippen LogP contribution in [0.15, 0.2) is 24.3 Å². The number of rotatable bonds is 5. The molecule has 0 spiro atoms. The van der Waals surface area contributed by atoms with Crippen molar-refractivity contribution in [1.82, 2.24) is 4.90 Å². The summed E-state index contributed by atoms with van der Waals surface area (Å²) >= 11 is 0. The molecule has 0 aromatic heterocycles. The Hall–Kier alpha value is -0.930. The van der Waals surface area contributed by atoms with Crippen molar-refractivity contribution < 1.29 is 4.39 Å². The van der Waals surface area contributed by atoms with E-state index in [1.807, 2.05) is 19.1 Å². The van der Waals surface area contributed by atoms with Crippen molar-refractivity contribution in [3.8, 4) is 0 Å². The molecule has 1 aromatic rings. The summed E-state index contributed by atoms with van der Waals surface area (Å²) in [7, 11) is 0. The smallest absolute Gasteiger partial charge is 0.123 e. The Morgan fingerprint density at radius 2 is 1.84 bits per heavy atom. The van der Waals surface area contributed by atoms with E-state index >= 15 is 0 Å². The molecule has 0 bridgehead atoms. The number of likely N-dealkylation sites (N-methyl/N-ethyl adjacent to an activating group) is 1. The molecule has 1 aromatic carbocycles. The van der Waals surface area contributed by atoms with Gasteiger partial charge in [-0.25, -0.2) is 4.39 Å². The molecule has 2 N–H and O–H groups in total. The maximum atomic E-state index is 13.1. The SMILES string of the molecule is CCN(C1CCCC1)C(c1ccc(F)cc1)C(C)N. The summed E-state index contributed by atoms with van der Waals surface area (Å²) < 4.78 is 13.1. The number of hydrogen-bond donors (Lipinski definition) is 1. The van der Waals surface area contributed by atoms with Gasteiger partial charge < -0.3 is 5.73 Å². The third kappa shape index (κ3) is 3.34. The molecule has 1 aliphatic rings. The maximum Gasteiger partial charge on any atom is 0.123 e. The van der Waals surface area contributed by atoms with Crippen LogP contribution in [0.5, 0.6) is 0 Å². The summed E-state index contributed by atoms with van der Waals surface area (Å²) in [6.07, 6.45) is 5.16. The van der Waals surface area contributed by atoms with Crippen LogP contribution in [-0.2, 0) is 0 Å². The number of nitrogens with two attached hydrogens (primary N) is 1. The van der Waals surface area contributed by atoms with Gasteiger partial charge in [0.05, 0.1) is 0 Å². The van der Waals surface area contributed by atoms with Gasteiger partial charge in [-0.3, -0.25) is 4.90 Å². The Balaban J connectivity index is 2.24. The molecule has 19 heavy (non-hydrogen) atoms. The lowest BCUT2D eigenvalue weighted by Crippen LogP contribution is -2.44. The van der Waals surface area contributed by atoms with E-state index in [2.05, 4.69) is 11.8 Å². The second-order valence-electron chi connectivity index (χ2n) is 5.62. The van der Waals surface area contributed by atoms with Gasteiger partial charge in [0.1, 0.15) is 5.82 Å². The highest BCUT2D eigenvalue weighted by molar-refractivity contribution is 5.22. The summed E-state index contributed by atoms with van der Waals surface area (Å²) in [6.45, 7) is 5.23. The fourth-order valence-corrected chi connectivity index (χ4v) is 3.37. The van der Waals surface area contributed by atoms with Crippen LogP contribution in [0.3, 0.4) is 0 Å². The molecule has 2 atom stereocenters. The van der Waals surface area contributed by atoms with E-state index in [9.17, 15) is 4.39 Å². The molecular weight excluding hydrogens is 239 g/mol. The summed E-state index contributed by atoms with van der Waals surface area (Å²) in [6, 6.07) is 7.69. The lowest BCUT2D eigenvalue weighted by molar-refractivity contribution is 0.127. The summed E-state index contributed by atoms with van der Waals surface area (Å²) in [5.41, 5.74) is 7.35. The highest BCUT2D eigenvalue weighted by Crippen LogP contribution is 2.32. The highest BCUT2D eigenvalue weighted by atomic mass is 19.1. The minimum Gasteiger partial charge on any atom is -0.326 e. The lowest BCUT2D eigenvalue weighted by atomic mass is 9.97. The monoisotopic (exact) mass is 264 g/mol. The second-order valence-corrected chi connectivity index (χ2v) is 5.62. The molecule has 1 aliphatic carbocycles. The first-order valence-electron chi connectivity index (χ1n) is 7.40. The fraction of sp³-hybridized carbons (Fsp3) is 0.625. The first-order valence-corrected chi connectivity index (χ1v) is 7.40. The first kappa shape index (κ1) is 14.5. The minimum atomic E-state index is -0.184. The van der Waals surface area contributed by atoms with Gasteiger partial charge in [-0.2, -0.15) is 0 Å².